The average molecular weight is 242 g/mol. The number of likely N-dealkylation sites (N-methyl/N-ethyl adjacent to an activating group) is 1. The molecule has 7 heteroatoms. The zero-order valence-electron chi connectivity index (χ0n) is 8.98. The van der Waals surface area contributed by atoms with Gasteiger partial charge in [-0.25, -0.2) is 4.98 Å². The smallest absolute Gasteiger partial charge is 0.226 e. The average Bonchev–Trinajstić information content (AvgIpc) is 2.62. The van der Waals surface area contributed by atoms with Crippen molar-refractivity contribution in [3.05, 3.63) is 11.6 Å². The molecule has 0 amide bonds. The minimum absolute atomic E-state index is 0.145. The predicted octanol–water partition coefficient (Wildman–Crippen LogP) is 0.823. The van der Waals surface area contributed by atoms with E-state index >= 15 is 0 Å². The second-order valence-corrected chi connectivity index (χ2v) is 3.98. The number of aliphatic hydroxyl groups excluding tert-OH is 1. The van der Waals surface area contributed by atoms with Gasteiger partial charge >= 0.3 is 0 Å². The second kappa shape index (κ2) is 4.23. The molecule has 1 atom stereocenters. The van der Waals surface area contributed by atoms with Crippen LogP contribution in [0.3, 0.4) is 0 Å². The van der Waals surface area contributed by atoms with E-state index in [1.807, 2.05) is 7.05 Å². The summed E-state index contributed by atoms with van der Waals surface area (Å²) in [5, 5.41) is 9.48. The summed E-state index contributed by atoms with van der Waals surface area (Å²) in [5.41, 5.74) is 1.24. The standard InChI is InChI=1S/C9H12ClN5O/c1-5(16)3-15(2)8-6-7(12-4-11-6)13-9(10)14-8/h4-5,16H,3H2,1-2H3,(H,11,12,13,14). The molecule has 16 heavy (non-hydrogen) atoms. The van der Waals surface area contributed by atoms with Gasteiger partial charge in [0, 0.05) is 13.6 Å². The summed E-state index contributed by atoms with van der Waals surface area (Å²) in [6.45, 7) is 2.17. The minimum atomic E-state index is -0.447. The van der Waals surface area contributed by atoms with Crippen LogP contribution in [-0.2, 0) is 0 Å². The quantitative estimate of drug-likeness (QED) is 0.778. The Morgan fingerprint density at radius 2 is 2.31 bits per heavy atom. The molecule has 0 saturated carbocycles. The molecule has 2 aromatic heterocycles. The van der Waals surface area contributed by atoms with Crippen LogP contribution in [0.4, 0.5) is 5.82 Å². The van der Waals surface area contributed by atoms with Gasteiger partial charge < -0.3 is 15.0 Å². The van der Waals surface area contributed by atoms with Crippen molar-refractivity contribution in [3.8, 4) is 0 Å². The van der Waals surface area contributed by atoms with E-state index in [0.29, 0.717) is 23.5 Å². The fourth-order valence-corrected chi connectivity index (χ4v) is 1.71. The number of imidazole rings is 1. The molecule has 0 aliphatic rings. The first-order valence-electron chi connectivity index (χ1n) is 4.83. The van der Waals surface area contributed by atoms with Crippen molar-refractivity contribution in [3.63, 3.8) is 0 Å². The van der Waals surface area contributed by atoms with E-state index in [0.717, 1.165) is 0 Å². The van der Waals surface area contributed by atoms with E-state index in [-0.39, 0.29) is 5.28 Å². The van der Waals surface area contributed by atoms with Crippen LogP contribution < -0.4 is 4.90 Å². The SMILES string of the molecule is CC(O)CN(C)c1nc(Cl)nc2nc[nH]c12. The summed E-state index contributed by atoms with van der Waals surface area (Å²) in [5.74, 6) is 0.633. The van der Waals surface area contributed by atoms with Gasteiger partial charge in [-0.1, -0.05) is 0 Å². The van der Waals surface area contributed by atoms with Gasteiger partial charge in [-0.3, -0.25) is 0 Å². The molecule has 86 valence electrons. The Bertz CT molecular complexity index is 498. The highest BCUT2D eigenvalue weighted by Gasteiger charge is 2.13. The fraction of sp³-hybridized carbons (Fsp3) is 0.444. The van der Waals surface area contributed by atoms with Crippen LogP contribution in [0.25, 0.3) is 11.2 Å². The number of anilines is 1. The maximum Gasteiger partial charge on any atom is 0.226 e. The normalized spacial score (nSPS) is 13.0. The number of rotatable bonds is 3. The highest BCUT2D eigenvalue weighted by atomic mass is 35.5. The van der Waals surface area contributed by atoms with Crippen LogP contribution in [0.1, 0.15) is 6.92 Å². The zero-order valence-corrected chi connectivity index (χ0v) is 9.73. The van der Waals surface area contributed by atoms with E-state index in [9.17, 15) is 5.11 Å². The van der Waals surface area contributed by atoms with Gasteiger partial charge in [0.05, 0.1) is 12.4 Å². The number of aliphatic hydroxyl groups is 1. The Labute approximate surface area is 97.3 Å². The van der Waals surface area contributed by atoms with Gasteiger partial charge in [-0.05, 0) is 18.5 Å². The van der Waals surface area contributed by atoms with E-state index in [1.54, 1.807) is 11.8 Å². The summed E-state index contributed by atoms with van der Waals surface area (Å²) in [7, 11) is 1.83. The molecule has 0 bridgehead atoms. The number of hydrogen-bond donors (Lipinski definition) is 2. The fourth-order valence-electron chi connectivity index (χ4n) is 1.55. The van der Waals surface area contributed by atoms with Gasteiger partial charge in [0.2, 0.25) is 5.28 Å². The molecule has 0 aliphatic carbocycles. The lowest BCUT2D eigenvalue weighted by Gasteiger charge is -2.19. The van der Waals surface area contributed by atoms with Gasteiger partial charge in [-0.15, -0.1) is 0 Å². The van der Waals surface area contributed by atoms with Crippen LogP contribution in [0, 0.1) is 0 Å². The molecular formula is C9H12ClN5O. The van der Waals surface area contributed by atoms with Gasteiger partial charge in [0.1, 0.15) is 5.52 Å². The third-order valence-electron chi connectivity index (χ3n) is 2.14. The first-order valence-corrected chi connectivity index (χ1v) is 5.21. The third-order valence-corrected chi connectivity index (χ3v) is 2.31. The Balaban J connectivity index is 2.45. The molecule has 0 aliphatic heterocycles. The van der Waals surface area contributed by atoms with E-state index in [2.05, 4.69) is 19.9 Å². The van der Waals surface area contributed by atoms with Crippen LogP contribution in [0.5, 0.6) is 0 Å². The Hall–Kier alpha value is -1.40. The monoisotopic (exact) mass is 241 g/mol. The lowest BCUT2D eigenvalue weighted by molar-refractivity contribution is 0.201. The number of nitrogens with one attached hydrogen (secondary N) is 1. The number of hydrogen-bond acceptors (Lipinski definition) is 5. The van der Waals surface area contributed by atoms with Crippen molar-refractivity contribution in [1.29, 1.82) is 0 Å². The van der Waals surface area contributed by atoms with Gasteiger partial charge in [-0.2, -0.15) is 9.97 Å². The minimum Gasteiger partial charge on any atom is -0.392 e. The van der Waals surface area contributed by atoms with Crippen molar-refractivity contribution in [2.75, 3.05) is 18.5 Å². The van der Waals surface area contributed by atoms with Crippen molar-refractivity contribution < 1.29 is 5.11 Å². The Morgan fingerprint density at radius 1 is 1.56 bits per heavy atom. The lowest BCUT2D eigenvalue weighted by Crippen LogP contribution is -2.28. The molecule has 6 nitrogen and oxygen atoms in total. The third kappa shape index (κ3) is 2.07. The highest BCUT2D eigenvalue weighted by Crippen LogP contribution is 2.21. The zero-order chi connectivity index (χ0) is 11.7. The maximum absolute atomic E-state index is 9.33. The summed E-state index contributed by atoms with van der Waals surface area (Å²) in [4.78, 5) is 16.9. The molecule has 2 N–H and O–H groups in total. The predicted molar refractivity (Wildman–Crippen MR) is 61.6 cm³/mol. The molecule has 2 rings (SSSR count). The number of nitrogens with zero attached hydrogens (tertiary/aromatic N) is 4. The largest absolute Gasteiger partial charge is 0.392 e. The van der Waals surface area contributed by atoms with Crippen molar-refractivity contribution >= 4 is 28.6 Å². The van der Waals surface area contributed by atoms with Gasteiger partial charge in [0.25, 0.3) is 0 Å². The number of aromatic amines is 1. The number of aromatic nitrogens is 4. The number of H-pyrrole nitrogens is 1. The molecule has 2 aromatic rings. The Morgan fingerprint density at radius 3 is 3.00 bits per heavy atom. The maximum atomic E-state index is 9.33. The first kappa shape index (κ1) is 11.1. The number of halogens is 1. The summed E-state index contributed by atoms with van der Waals surface area (Å²) in [6, 6.07) is 0. The molecule has 0 saturated heterocycles. The van der Waals surface area contributed by atoms with E-state index in [1.165, 1.54) is 6.33 Å². The van der Waals surface area contributed by atoms with E-state index < -0.39 is 6.10 Å². The molecular weight excluding hydrogens is 230 g/mol. The van der Waals surface area contributed by atoms with Crippen molar-refractivity contribution in [2.24, 2.45) is 0 Å². The van der Waals surface area contributed by atoms with Crippen LogP contribution >= 0.6 is 11.6 Å². The van der Waals surface area contributed by atoms with Crippen LogP contribution in [-0.4, -0.2) is 44.7 Å². The first-order chi connectivity index (χ1) is 7.58. The van der Waals surface area contributed by atoms with Gasteiger partial charge in [0.15, 0.2) is 11.5 Å². The summed E-state index contributed by atoms with van der Waals surface area (Å²) < 4.78 is 0. The molecule has 0 fully saturated rings. The second-order valence-electron chi connectivity index (χ2n) is 3.65. The molecule has 0 aromatic carbocycles. The van der Waals surface area contributed by atoms with E-state index in [4.69, 9.17) is 11.6 Å². The van der Waals surface area contributed by atoms with Crippen LogP contribution in [0.15, 0.2) is 6.33 Å². The molecule has 1 unspecified atom stereocenters. The molecule has 0 spiro atoms. The highest BCUT2D eigenvalue weighted by molar-refractivity contribution is 6.28. The number of fused-ring (bicyclic) bond motifs is 1. The van der Waals surface area contributed by atoms with Crippen molar-refractivity contribution in [1.82, 2.24) is 19.9 Å². The summed E-state index contributed by atoms with van der Waals surface area (Å²) >= 11 is 5.80. The summed E-state index contributed by atoms with van der Waals surface area (Å²) in [6.07, 6.45) is 1.09. The molecule has 2 heterocycles. The topological polar surface area (TPSA) is 77.9 Å². The van der Waals surface area contributed by atoms with Crippen molar-refractivity contribution in [2.45, 2.75) is 13.0 Å². The molecule has 0 radical (unpaired) electrons. The lowest BCUT2D eigenvalue weighted by atomic mass is 10.3. The van der Waals surface area contributed by atoms with Crippen LogP contribution in [0.2, 0.25) is 5.28 Å². The Kier molecular flexibility index (Phi) is 2.93.